The van der Waals surface area contributed by atoms with E-state index in [4.69, 9.17) is 8.83 Å². The lowest BCUT2D eigenvalue weighted by atomic mass is 9.67. The Morgan fingerprint density at radius 3 is 1.04 bits per heavy atom. The zero-order valence-electron chi connectivity index (χ0n) is 62.0. The van der Waals surface area contributed by atoms with Gasteiger partial charge in [0.15, 0.2) is 0 Å². The summed E-state index contributed by atoms with van der Waals surface area (Å²) in [6, 6.07) is 152. The lowest BCUT2D eigenvalue weighted by Gasteiger charge is -2.33. The number of benzene rings is 18. The molecule has 4 heteroatoms. The number of aromatic nitrogens is 2. The van der Waals surface area contributed by atoms with Crippen LogP contribution in [0, 0.1) is 0 Å². The SMILES string of the molecule is c1ccc(C2(c3ccccc3)c3ccccc3-c3cc4c(cc32)oc2cc(-c3ccc5c6ccccc6n(-c6ccc(-c7ccc(-c8cccc(-c9ccc(-n%10c%11ccccc%11c%11ccc(-c%12cccc%13oc%14cc%15c(cc%14c%12%13)-c%12ccccc%12C%15(c%12ccccc%12)c%12ccccc%12)cc%11%10)cc9)c8)cc7)cc6)c5c3)ccc24)cc1. The molecular formula is C110H68N2O2. The van der Waals surface area contributed by atoms with Gasteiger partial charge >= 0.3 is 0 Å². The molecule has 530 valence electrons. The summed E-state index contributed by atoms with van der Waals surface area (Å²) in [5, 5.41) is 9.32. The highest BCUT2D eigenvalue weighted by atomic mass is 16.3. The molecule has 24 rings (SSSR count). The molecule has 2 aliphatic rings. The van der Waals surface area contributed by atoms with Crippen molar-refractivity contribution in [2.45, 2.75) is 10.8 Å². The Hall–Kier alpha value is -14.8. The van der Waals surface area contributed by atoms with Crippen LogP contribution in [0.1, 0.15) is 44.5 Å². The predicted octanol–water partition coefficient (Wildman–Crippen LogP) is 28.7. The van der Waals surface area contributed by atoms with E-state index in [1.807, 2.05) is 0 Å². The van der Waals surface area contributed by atoms with Gasteiger partial charge in [0.2, 0.25) is 0 Å². The molecule has 0 spiro atoms. The van der Waals surface area contributed by atoms with Crippen molar-refractivity contribution in [3.63, 3.8) is 0 Å². The molecule has 0 aliphatic heterocycles. The second-order valence-corrected chi connectivity index (χ2v) is 30.9. The fourth-order valence-electron chi connectivity index (χ4n) is 20.1. The summed E-state index contributed by atoms with van der Waals surface area (Å²) < 4.78 is 18.9. The number of fused-ring (bicyclic) bond motifs is 18. The number of furan rings is 2. The van der Waals surface area contributed by atoms with Gasteiger partial charge in [0, 0.05) is 54.5 Å². The van der Waals surface area contributed by atoms with E-state index in [1.54, 1.807) is 0 Å². The third-order valence-electron chi connectivity index (χ3n) is 25.1. The van der Waals surface area contributed by atoms with E-state index in [0.29, 0.717) is 0 Å². The molecular weight excluding hydrogens is 1380 g/mol. The molecule has 0 bridgehead atoms. The Labute approximate surface area is 658 Å². The average molecular weight is 1450 g/mol. The Morgan fingerprint density at radius 2 is 0.526 bits per heavy atom. The first-order valence-corrected chi connectivity index (χ1v) is 39.4. The van der Waals surface area contributed by atoms with Gasteiger partial charge in [0.25, 0.3) is 0 Å². The number of rotatable bonds is 11. The van der Waals surface area contributed by atoms with E-state index in [9.17, 15) is 0 Å². The van der Waals surface area contributed by atoms with Crippen LogP contribution in [-0.4, -0.2) is 9.13 Å². The first kappa shape index (κ1) is 64.0. The van der Waals surface area contributed by atoms with Crippen molar-refractivity contribution in [3.8, 4) is 89.3 Å². The van der Waals surface area contributed by atoms with Crippen LogP contribution in [0.2, 0.25) is 0 Å². The summed E-state index contributed by atoms with van der Waals surface area (Å²) in [7, 11) is 0. The summed E-state index contributed by atoms with van der Waals surface area (Å²) in [5.41, 5.74) is 35.8. The van der Waals surface area contributed by atoms with Gasteiger partial charge in [-0.05, 0) is 219 Å². The maximum Gasteiger partial charge on any atom is 0.136 e. The van der Waals surface area contributed by atoms with Crippen LogP contribution < -0.4 is 0 Å². The Morgan fingerprint density at radius 1 is 0.175 bits per heavy atom. The van der Waals surface area contributed by atoms with E-state index in [1.165, 1.54) is 110 Å². The number of hydrogen-bond acceptors (Lipinski definition) is 2. The van der Waals surface area contributed by atoms with Crippen molar-refractivity contribution in [2.24, 2.45) is 0 Å². The lowest BCUT2D eigenvalue weighted by Crippen LogP contribution is -2.28. The summed E-state index contributed by atoms with van der Waals surface area (Å²) >= 11 is 0. The molecule has 0 amide bonds. The molecule has 4 aromatic heterocycles. The molecule has 2 aliphatic carbocycles. The molecule has 0 N–H and O–H groups in total. The molecule has 18 aromatic carbocycles. The van der Waals surface area contributed by atoms with E-state index in [-0.39, 0.29) is 0 Å². The monoisotopic (exact) mass is 1450 g/mol. The van der Waals surface area contributed by atoms with Gasteiger partial charge in [-0.1, -0.05) is 315 Å². The highest BCUT2D eigenvalue weighted by Gasteiger charge is 2.48. The van der Waals surface area contributed by atoms with Crippen LogP contribution in [0.25, 0.3) is 177 Å². The molecule has 0 unspecified atom stereocenters. The summed E-state index contributed by atoms with van der Waals surface area (Å²) in [5.74, 6) is 0. The first-order valence-electron chi connectivity index (χ1n) is 39.4. The zero-order valence-corrected chi connectivity index (χ0v) is 62.0. The Kier molecular flexibility index (Phi) is 13.9. The van der Waals surface area contributed by atoms with Crippen LogP contribution in [-0.2, 0) is 10.8 Å². The van der Waals surface area contributed by atoms with Gasteiger partial charge in [0.1, 0.15) is 22.3 Å². The van der Waals surface area contributed by atoms with Crippen molar-refractivity contribution < 1.29 is 8.83 Å². The number of para-hydroxylation sites is 2. The molecule has 0 saturated heterocycles. The fraction of sp³-hybridized carbons (Fsp3) is 0.0182. The fourth-order valence-corrected chi connectivity index (χ4v) is 20.1. The summed E-state index contributed by atoms with van der Waals surface area (Å²) in [4.78, 5) is 0. The van der Waals surface area contributed by atoms with Crippen LogP contribution >= 0.6 is 0 Å². The molecule has 0 fully saturated rings. The Balaban J connectivity index is 0.520. The molecule has 0 radical (unpaired) electrons. The van der Waals surface area contributed by atoms with Gasteiger partial charge in [-0.25, -0.2) is 0 Å². The quantitative estimate of drug-likeness (QED) is 0.129. The number of nitrogens with zero attached hydrogens (tertiary/aromatic N) is 2. The standard InChI is InChI=1S/C110H68N2O2/c1-5-25-78(26-6-1)109(79-27-7-2-8-28-79)96-38-17-13-33-85(96)92-65-94-91-60-52-76(64-105(91)114-106(94)67-98(92)109)75-51-58-89-87-35-15-19-40-100(87)111(102(89)62-75)82-54-47-70(48-55-82)69-43-45-71(46-44-69)73-23-21-24-74(61-73)72-49-56-83(57-50-72)112-101-41-20-16-36-88(101)90-59-53-77(63-103(90)112)84-37-22-42-104-108(84)95-66-93-86-34-14-18-39-97(86)110(80-29-9-3-10-30-80,81-31-11-4-12-32-81)99(93)68-107(95)113-104/h1-68H. The van der Waals surface area contributed by atoms with E-state index in [0.717, 1.165) is 111 Å². The molecule has 0 atom stereocenters. The minimum Gasteiger partial charge on any atom is -0.456 e. The summed E-state index contributed by atoms with van der Waals surface area (Å²) in [6.07, 6.45) is 0. The third kappa shape index (κ3) is 9.34. The molecule has 114 heavy (non-hydrogen) atoms. The van der Waals surface area contributed by atoms with Crippen molar-refractivity contribution in [1.29, 1.82) is 0 Å². The van der Waals surface area contributed by atoms with Crippen molar-refractivity contribution in [2.75, 3.05) is 0 Å². The summed E-state index contributed by atoms with van der Waals surface area (Å²) in [6.45, 7) is 0. The highest BCUT2D eigenvalue weighted by Crippen LogP contribution is 2.60. The normalized spacial score (nSPS) is 13.2. The van der Waals surface area contributed by atoms with E-state index in [2.05, 4.69) is 422 Å². The maximum absolute atomic E-state index is 7.00. The van der Waals surface area contributed by atoms with Crippen molar-refractivity contribution in [1.82, 2.24) is 9.13 Å². The molecule has 4 heterocycles. The topological polar surface area (TPSA) is 36.1 Å². The van der Waals surface area contributed by atoms with Crippen LogP contribution in [0.5, 0.6) is 0 Å². The van der Waals surface area contributed by atoms with E-state index < -0.39 is 10.8 Å². The van der Waals surface area contributed by atoms with Gasteiger partial charge in [-0.3, -0.25) is 0 Å². The third-order valence-corrected chi connectivity index (χ3v) is 25.1. The largest absolute Gasteiger partial charge is 0.456 e. The van der Waals surface area contributed by atoms with Crippen molar-refractivity contribution in [3.05, 3.63) is 457 Å². The maximum atomic E-state index is 7.00. The van der Waals surface area contributed by atoms with Crippen LogP contribution in [0.15, 0.2) is 421 Å². The van der Waals surface area contributed by atoms with Gasteiger partial charge < -0.3 is 18.0 Å². The minimum absolute atomic E-state index is 0.506. The van der Waals surface area contributed by atoms with E-state index >= 15 is 0 Å². The van der Waals surface area contributed by atoms with Crippen LogP contribution in [0.4, 0.5) is 0 Å². The minimum atomic E-state index is -0.523. The predicted molar refractivity (Wildman–Crippen MR) is 471 cm³/mol. The smallest absolute Gasteiger partial charge is 0.136 e. The zero-order chi connectivity index (χ0) is 74.7. The Bertz CT molecular complexity index is 7590. The number of hydrogen-bond donors (Lipinski definition) is 0. The lowest BCUT2D eigenvalue weighted by molar-refractivity contribution is 0.666. The van der Waals surface area contributed by atoms with Gasteiger partial charge in [-0.15, -0.1) is 0 Å². The van der Waals surface area contributed by atoms with Gasteiger partial charge in [0.05, 0.1) is 32.9 Å². The van der Waals surface area contributed by atoms with Crippen molar-refractivity contribution >= 4 is 87.5 Å². The molecule has 4 nitrogen and oxygen atoms in total. The second-order valence-electron chi connectivity index (χ2n) is 30.9. The first-order chi connectivity index (χ1) is 56.5. The molecule has 22 aromatic rings. The second kappa shape index (κ2) is 24.8. The highest BCUT2D eigenvalue weighted by molar-refractivity contribution is 6.17. The molecule has 0 saturated carbocycles. The van der Waals surface area contributed by atoms with Crippen LogP contribution in [0.3, 0.4) is 0 Å². The average Bonchev–Trinajstić information content (AvgIpc) is 1.53. The van der Waals surface area contributed by atoms with Gasteiger partial charge in [-0.2, -0.15) is 0 Å².